The van der Waals surface area contributed by atoms with E-state index in [9.17, 15) is 4.79 Å². The first-order valence-electron chi connectivity index (χ1n) is 8.06. The molecular weight excluding hydrogens is 352 g/mol. The van der Waals surface area contributed by atoms with Gasteiger partial charge in [0.15, 0.2) is 5.65 Å². The molecule has 7 heteroatoms. The molecule has 0 aliphatic rings. The molecule has 6 nitrogen and oxygen atoms in total. The molecule has 0 atom stereocenters. The topological polar surface area (TPSA) is 63.6 Å². The minimum absolute atomic E-state index is 0.202. The van der Waals surface area contributed by atoms with Crippen molar-refractivity contribution in [2.75, 3.05) is 0 Å². The first-order valence-corrected chi connectivity index (χ1v) is 8.44. The number of amides is 1. The molecule has 1 aromatic carbocycles. The van der Waals surface area contributed by atoms with Gasteiger partial charge >= 0.3 is 0 Å². The lowest BCUT2D eigenvalue weighted by atomic mass is 10.2. The van der Waals surface area contributed by atoms with Crippen molar-refractivity contribution in [1.82, 2.24) is 19.5 Å². The number of hydrogen-bond donors (Lipinski definition) is 0. The summed E-state index contributed by atoms with van der Waals surface area (Å²) in [7, 11) is 0. The Hall–Kier alpha value is -3.12. The molecule has 0 aliphatic heterocycles. The molecule has 0 spiro atoms. The summed E-state index contributed by atoms with van der Waals surface area (Å²) in [5, 5.41) is 4.47. The zero-order valence-corrected chi connectivity index (χ0v) is 14.5. The first-order chi connectivity index (χ1) is 12.7. The van der Waals surface area contributed by atoms with Gasteiger partial charge in [-0.2, -0.15) is 5.10 Å². The average molecular weight is 367 g/mol. The van der Waals surface area contributed by atoms with E-state index >= 15 is 0 Å². The Morgan fingerprint density at radius 3 is 2.69 bits per heavy atom. The molecule has 4 aromatic rings. The lowest BCUT2D eigenvalue weighted by Gasteiger charge is -2.20. The molecule has 4 rings (SSSR count). The Morgan fingerprint density at radius 1 is 1.08 bits per heavy atom. The maximum atomic E-state index is 13.1. The smallest absolute Gasteiger partial charge is 0.274 e. The van der Waals surface area contributed by atoms with Crippen LogP contribution in [0.15, 0.2) is 71.5 Å². The highest BCUT2D eigenvalue weighted by atomic mass is 35.5. The minimum Gasteiger partial charge on any atom is -0.467 e. The fraction of sp³-hybridized carbons (Fsp3) is 0.105. The van der Waals surface area contributed by atoms with E-state index in [0.29, 0.717) is 35.3 Å². The summed E-state index contributed by atoms with van der Waals surface area (Å²) < 4.78 is 6.92. The second-order valence-electron chi connectivity index (χ2n) is 5.81. The molecule has 0 N–H and O–H groups in total. The van der Waals surface area contributed by atoms with Gasteiger partial charge in [0.1, 0.15) is 16.6 Å². The van der Waals surface area contributed by atoms with Gasteiger partial charge in [0.2, 0.25) is 0 Å². The third kappa shape index (κ3) is 3.45. The van der Waals surface area contributed by atoms with Gasteiger partial charge in [0, 0.05) is 6.54 Å². The standard InChI is InChI=1S/C19H15ClN4O2/c20-17-8-9-18-21-16(13-24(18)22-17)19(25)23(12-15-7-4-10-26-15)11-14-5-2-1-3-6-14/h1-10,13H,11-12H2. The van der Waals surface area contributed by atoms with Crippen molar-refractivity contribution in [3.63, 3.8) is 0 Å². The largest absolute Gasteiger partial charge is 0.467 e. The average Bonchev–Trinajstić information content (AvgIpc) is 3.30. The molecule has 3 aromatic heterocycles. The van der Waals surface area contributed by atoms with Crippen LogP contribution in [0.1, 0.15) is 21.8 Å². The van der Waals surface area contributed by atoms with E-state index in [1.54, 1.807) is 35.6 Å². The van der Waals surface area contributed by atoms with Crippen molar-refractivity contribution in [3.8, 4) is 0 Å². The van der Waals surface area contributed by atoms with Gasteiger partial charge in [-0.3, -0.25) is 4.79 Å². The lowest BCUT2D eigenvalue weighted by molar-refractivity contribution is 0.0712. The van der Waals surface area contributed by atoms with Gasteiger partial charge in [-0.05, 0) is 29.8 Å². The summed E-state index contributed by atoms with van der Waals surface area (Å²) in [6, 6.07) is 16.8. The highest BCUT2D eigenvalue weighted by molar-refractivity contribution is 6.29. The van der Waals surface area contributed by atoms with Crippen molar-refractivity contribution in [2.24, 2.45) is 0 Å². The number of carbonyl (C=O) groups is 1. The van der Waals surface area contributed by atoms with Gasteiger partial charge in [-0.25, -0.2) is 9.50 Å². The van der Waals surface area contributed by atoms with Crippen LogP contribution >= 0.6 is 11.6 Å². The maximum Gasteiger partial charge on any atom is 0.274 e. The van der Waals surface area contributed by atoms with E-state index in [4.69, 9.17) is 16.0 Å². The second kappa shape index (κ2) is 7.01. The molecular formula is C19H15ClN4O2. The van der Waals surface area contributed by atoms with E-state index in [-0.39, 0.29) is 5.91 Å². The van der Waals surface area contributed by atoms with Gasteiger partial charge < -0.3 is 9.32 Å². The number of nitrogens with zero attached hydrogens (tertiary/aromatic N) is 4. The molecule has 130 valence electrons. The predicted molar refractivity (Wildman–Crippen MR) is 96.7 cm³/mol. The summed E-state index contributed by atoms with van der Waals surface area (Å²) in [5.41, 5.74) is 1.90. The predicted octanol–water partition coefficient (Wildman–Crippen LogP) is 3.82. The number of fused-ring (bicyclic) bond motifs is 1. The molecule has 1 amide bonds. The summed E-state index contributed by atoms with van der Waals surface area (Å²) in [5.74, 6) is 0.506. The monoisotopic (exact) mass is 366 g/mol. The van der Waals surface area contributed by atoms with E-state index in [0.717, 1.165) is 5.56 Å². The van der Waals surface area contributed by atoms with Crippen molar-refractivity contribution >= 4 is 23.2 Å². The Balaban J connectivity index is 1.65. The maximum absolute atomic E-state index is 13.1. The number of rotatable bonds is 5. The van der Waals surface area contributed by atoms with Crippen LogP contribution in [-0.2, 0) is 13.1 Å². The summed E-state index contributed by atoms with van der Waals surface area (Å²) in [6.07, 6.45) is 3.18. The van der Waals surface area contributed by atoms with Crippen LogP contribution in [-0.4, -0.2) is 25.4 Å². The van der Waals surface area contributed by atoms with E-state index < -0.39 is 0 Å². The van der Waals surface area contributed by atoms with Crippen LogP contribution < -0.4 is 0 Å². The SMILES string of the molecule is O=C(c1cn2nc(Cl)ccc2n1)N(Cc1ccccc1)Cc1ccco1. The van der Waals surface area contributed by atoms with Crippen molar-refractivity contribution in [3.05, 3.63) is 89.2 Å². The molecule has 0 unspecified atom stereocenters. The number of hydrogen-bond acceptors (Lipinski definition) is 4. The number of furan rings is 1. The Labute approximate surface area is 154 Å². The molecule has 26 heavy (non-hydrogen) atoms. The highest BCUT2D eigenvalue weighted by Crippen LogP contribution is 2.15. The second-order valence-corrected chi connectivity index (χ2v) is 6.20. The van der Waals surface area contributed by atoms with Gasteiger partial charge in [-0.1, -0.05) is 41.9 Å². The quantitative estimate of drug-likeness (QED) is 0.538. The number of aromatic nitrogens is 3. The van der Waals surface area contributed by atoms with Gasteiger partial charge in [0.05, 0.1) is 19.0 Å². The Kier molecular flexibility index (Phi) is 4.41. The minimum atomic E-state index is -0.202. The molecule has 0 fully saturated rings. The van der Waals surface area contributed by atoms with Crippen LogP contribution in [0.5, 0.6) is 0 Å². The molecule has 0 bridgehead atoms. The fourth-order valence-electron chi connectivity index (χ4n) is 2.72. The van der Waals surface area contributed by atoms with E-state index in [1.807, 2.05) is 36.4 Å². The van der Waals surface area contributed by atoms with E-state index in [2.05, 4.69) is 10.1 Å². The van der Waals surface area contributed by atoms with E-state index in [1.165, 1.54) is 4.52 Å². The Morgan fingerprint density at radius 2 is 1.92 bits per heavy atom. The molecule has 0 radical (unpaired) electrons. The van der Waals surface area contributed by atoms with Crippen molar-refractivity contribution < 1.29 is 9.21 Å². The molecule has 0 aliphatic carbocycles. The van der Waals surface area contributed by atoms with Crippen molar-refractivity contribution in [1.29, 1.82) is 0 Å². The van der Waals surface area contributed by atoms with Crippen LogP contribution in [0.2, 0.25) is 5.15 Å². The summed E-state index contributed by atoms with van der Waals surface area (Å²) in [4.78, 5) is 19.1. The Bertz CT molecular complexity index is 1030. The molecule has 0 saturated carbocycles. The number of carbonyl (C=O) groups excluding carboxylic acids is 1. The molecule has 0 saturated heterocycles. The van der Waals surface area contributed by atoms with Gasteiger partial charge in [-0.15, -0.1) is 0 Å². The van der Waals surface area contributed by atoms with Crippen LogP contribution in [0.25, 0.3) is 5.65 Å². The third-order valence-corrected chi connectivity index (χ3v) is 4.14. The molecule has 3 heterocycles. The van der Waals surface area contributed by atoms with Crippen LogP contribution in [0, 0.1) is 0 Å². The van der Waals surface area contributed by atoms with Crippen LogP contribution in [0.4, 0.5) is 0 Å². The third-order valence-electron chi connectivity index (χ3n) is 3.94. The van der Waals surface area contributed by atoms with Gasteiger partial charge in [0.25, 0.3) is 5.91 Å². The highest BCUT2D eigenvalue weighted by Gasteiger charge is 2.21. The zero-order chi connectivity index (χ0) is 17.9. The van der Waals surface area contributed by atoms with Crippen molar-refractivity contribution in [2.45, 2.75) is 13.1 Å². The number of halogens is 1. The zero-order valence-electron chi connectivity index (χ0n) is 13.7. The number of benzene rings is 1. The van der Waals surface area contributed by atoms with Crippen LogP contribution in [0.3, 0.4) is 0 Å². The summed E-state index contributed by atoms with van der Waals surface area (Å²) >= 11 is 5.90. The lowest BCUT2D eigenvalue weighted by Crippen LogP contribution is -2.30. The first kappa shape index (κ1) is 16.4. The fourth-order valence-corrected chi connectivity index (χ4v) is 2.86. The summed E-state index contributed by atoms with van der Waals surface area (Å²) in [6.45, 7) is 0.797. The number of imidazole rings is 1. The normalized spacial score (nSPS) is 11.0.